The van der Waals surface area contributed by atoms with Crippen LogP contribution in [0.5, 0.6) is 0 Å². The summed E-state index contributed by atoms with van der Waals surface area (Å²) in [6, 6.07) is 0. The smallest absolute Gasteiger partial charge is 0.334 e. The minimum Gasteiger partial charge on any atom is -0.444 e. The fraction of sp³-hybridized carbons (Fsp3) is 0.800. The largest absolute Gasteiger partial charge is 0.444 e. The first kappa shape index (κ1) is 15.3. The van der Waals surface area contributed by atoms with Crippen molar-refractivity contribution in [2.75, 3.05) is 13.7 Å². The molecule has 2 aliphatic rings. The van der Waals surface area contributed by atoms with E-state index < -0.39 is 3.61 Å². The number of halogens is 1. The average Bonchev–Trinajstić information content (AvgIpc) is 2.77. The molecule has 4 heteroatoms. The molecule has 0 aromatic heterocycles. The summed E-state index contributed by atoms with van der Waals surface area (Å²) in [6.07, 6.45) is 2.33. The van der Waals surface area contributed by atoms with E-state index >= 15 is 0 Å². The van der Waals surface area contributed by atoms with Gasteiger partial charge in [-0.3, -0.25) is 0 Å². The first-order chi connectivity index (χ1) is 8.75. The van der Waals surface area contributed by atoms with Crippen molar-refractivity contribution in [2.45, 2.75) is 37.2 Å². The van der Waals surface area contributed by atoms with Gasteiger partial charge in [0.05, 0.1) is 0 Å². The van der Waals surface area contributed by atoms with Gasteiger partial charge in [-0.05, 0) is 54.2 Å². The summed E-state index contributed by atoms with van der Waals surface area (Å²) in [5.74, 6) is 1.17. The lowest BCUT2D eigenvalue weighted by molar-refractivity contribution is -0.157. The normalized spacial score (nSPS) is 39.3. The van der Waals surface area contributed by atoms with Crippen molar-refractivity contribution in [2.24, 2.45) is 23.2 Å². The zero-order chi connectivity index (χ0) is 14.4. The van der Waals surface area contributed by atoms with Gasteiger partial charge in [-0.1, -0.05) is 20.4 Å². The number of carbonyl (C=O) groups is 1. The molecule has 0 heterocycles. The number of esters is 1. The van der Waals surface area contributed by atoms with Crippen LogP contribution in [0.2, 0.25) is 0 Å². The topological polar surface area (TPSA) is 35.5 Å². The maximum Gasteiger partial charge on any atom is 0.334 e. The van der Waals surface area contributed by atoms with E-state index in [4.69, 9.17) is 9.47 Å². The van der Waals surface area contributed by atoms with Gasteiger partial charge < -0.3 is 9.47 Å². The summed E-state index contributed by atoms with van der Waals surface area (Å²) in [7, 11) is 1.75. The van der Waals surface area contributed by atoms with E-state index in [1.54, 1.807) is 14.0 Å². The summed E-state index contributed by atoms with van der Waals surface area (Å²) in [5, 5.41) is 0. The molecule has 4 atom stereocenters. The molecule has 2 saturated carbocycles. The quantitative estimate of drug-likeness (QED) is 0.325. The molecular formula is C15H23IO3. The second-order valence-corrected chi connectivity index (χ2v) is 8.05. The van der Waals surface area contributed by atoms with Gasteiger partial charge in [-0.15, -0.1) is 0 Å². The Morgan fingerprint density at radius 2 is 1.95 bits per heavy atom. The molecule has 2 rings (SSSR count). The highest BCUT2D eigenvalue weighted by Gasteiger charge is 2.68. The van der Waals surface area contributed by atoms with Crippen molar-refractivity contribution in [1.82, 2.24) is 0 Å². The third-order valence-corrected chi connectivity index (χ3v) is 7.46. The molecule has 2 aliphatic carbocycles. The van der Waals surface area contributed by atoms with Crippen LogP contribution in [-0.4, -0.2) is 23.3 Å². The molecule has 0 aromatic carbocycles. The average molecular weight is 378 g/mol. The van der Waals surface area contributed by atoms with Crippen LogP contribution in [0.15, 0.2) is 12.2 Å². The molecule has 108 valence electrons. The van der Waals surface area contributed by atoms with E-state index in [1.165, 1.54) is 6.42 Å². The molecule has 2 fully saturated rings. The number of methoxy groups -OCH3 is 1. The van der Waals surface area contributed by atoms with Crippen molar-refractivity contribution in [3.05, 3.63) is 12.2 Å². The zero-order valence-electron chi connectivity index (χ0n) is 12.2. The lowest BCUT2D eigenvalue weighted by Crippen LogP contribution is -2.47. The monoisotopic (exact) mass is 378 g/mol. The number of carbonyl (C=O) groups excluding carboxylic acids is 1. The van der Waals surface area contributed by atoms with Crippen LogP contribution in [-0.2, 0) is 14.3 Å². The third-order valence-electron chi connectivity index (χ3n) is 5.05. The summed E-state index contributed by atoms with van der Waals surface area (Å²) < 4.78 is 10.8. The first-order valence-corrected chi connectivity index (χ1v) is 7.90. The molecule has 0 aliphatic heterocycles. The van der Waals surface area contributed by atoms with Crippen molar-refractivity contribution in [3.63, 3.8) is 0 Å². The summed E-state index contributed by atoms with van der Waals surface area (Å²) in [6.45, 7) is 10.6. The standard InChI is InChI=1S/C15H23IO3/c1-9(2)13(17)19-15(16)12-7-6-11(14(15,3)4)10(12)8-18-5/h10-12H,1,6-8H2,2-5H3. The van der Waals surface area contributed by atoms with Crippen LogP contribution in [0, 0.1) is 23.2 Å². The molecule has 2 bridgehead atoms. The van der Waals surface area contributed by atoms with Gasteiger partial charge in [-0.25, -0.2) is 4.79 Å². The molecule has 0 spiro atoms. The number of ether oxygens (including phenoxy) is 2. The highest BCUT2D eigenvalue weighted by Crippen LogP contribution is 2.68. The Morgan fingerprint density at radius 1 is 1.37 bits per heavy atom. The van der Waals surface area contributed by atoms with Crippen LogP contribution in [0.25, 0.3) is 0 Å². The second kappa shape index (κ2) is 5.02. The summed E-state index contributed by atoms with van der Waals surface area (Å²) in [5.41, 5.74) is 0.447. The van der Waals surface area contributed by atoms with Crippen molar-refractivity contribution < 1.29 is 14.3 Å². The van der Waals surface area contributed by atoms with Crippen molar-refractivity contribution in [3.8, 4) is 0 Å². The van der Waals surface area contributed by atoms with Gasteiger partial charge in [0.25, 0.3) is 0 Å². The maximum atomic E-state index is 12.0. The SMILES string of the molecule is C=C(C)C(=O)OC1(I)C2CCC(C2COC)C1(C)C. The van der Waals surface area contributed by atoms with Crippen LogP contribution >= 0.6 is 22.6 Å². The van der Waals surface area contributed by atoms with Crippen LogP contribution in [0.1, 0.15) is 33.6 Å². The van der Waals surface area contributed by atoms with E-state index in [0.29, 0.717) is 23.3 Å². The summed E-state index contributed by atoms with van der Waals surface area (Å²) in [4.78, 5) is 12.0. The number of rotatable bonds is 4. The molecular weight excluding hydrogens is 355 g/mol. The minimum absolute atomic E-state index is 0.0230. The molecule has 0 saturated heterocycles. The molecule has 19 heavy (non-hydrogen) atoms. The van der Waals surface area contributed by atoms with Crippen LogP contribution in [0.3, 0.4) is 0 Å². The zero-order valence-corrected chi connectivity index (χ0v) is 14.3. The van der Waals surface area contributed by atoms with E-state index in [9.17, 15) is 4.79 Å². The number of alkyl halides is 1. The highest BCUT2D eigenvalue weighted by molar-refractivity contribution is 14.1. The van der Waals surface area contributed by atoms with Gasteiger partial charge in [0.1, 0.15) is 0 Å². The van der Waals surface area contributed by atoms with Crippen LogP contribution in [0.4, 0.5) is 0 Å². The van der Waals surface area contributed by atoms with E-state index in [-0.39, 0.29) is 11.4 Å². The molecule has 0 aromatic rings. The van der Waals surface area contributed by atoms with Gasteiger partial charge in [0, 0.05) is 30.6 Å². The molecule has 0 amide bonds. The van der Waals surface area contributed by atoms with E-state index in [0.717, 1.165) is 13.0 Å². The fourth-order valence-electron chi connectivity index (χ4n) is 4.01. The summed E-state index contributed by atoms with van der Waals surface area (Å²) >= 11 is 2.36. The Balaban J connectivity index is 2.29. The fourth-order valence-corrected chi connectivity index (χ4v) is 5.38. The predicted octanol–water partition coefficient (Wildman–Crippen LogP) is 3.57. The Morgan fingerprint density at radius 3 is 2.47 bits per heavy atom. The van der Waals surface area contributed by atoms with Gasteiger partial charge in [0.2, 0.25) is 0 Å². The van der Waals surface area contributed by atoms with Gasteiger partial charge in [0.15, 0.2) is 3.61 Å². The van der Waals surface area contributed by atoms with E-state index in [1.807, 2.05) is 0 Å². The molecule has 0 N–H and O–H groups in total. The van der Waals surface area contributed by atoms with Gasteiger partial charge >= 0.3 is 5.97 Å². The Labute approximate surface area is 129 Å². The lowest BCUT2D eigenvalue weighted by atomic mass is 9.74. The Kier molecular flexibility index (Phi) is 4.04. The first-order valence-electron chi connectivity index (χ1n) is 6.82. The maximum absolute atomic E-state index is 12.0. The Bertz CT molecular complexity index is 404. The number of hydrogen-bond acceptors (Lipinski definition) is 3. The van der Waals surface area contributed by atoms with Gasteiger partial charge in [-0.2, -0.15) is 0 Å². The number of hydrogen-bond donors (Lipinski definition) is 0. The number of fused-ring (bicyclic) bond motifs is 2. The van der Waals surface area contributed by atoms with E-state index in [2.05, 4.69) is 43.0 Å². The lowest BCUT2D eigenvalue weighted by Gasteiger charge is -2.44. The predicted molar refractivity (Wildman–Crippen MR) is 83.0 cm³/mol. The highest BCUT2D eigenvalue weighted by atomic mass is 127. The molecule has 4 unspecified atom stereocenters. The molecule has 3 nitrogen and oxygen atoms in total. The molecule has 0 radical (unpaired) electrons. The third kappa shape index (κ3) is 2.15. The van der Waals surface area contributed by atoms with Crippen molar-refractivity contribution in [1.29, 1.82) is 0 Å². The minimum atomic E-state index is -0.438. The van der Waals surface area contributed by atoms with Crippen LogP contribution < -0.4 is 0 Å². The second-order valence-electron chi connectivity index (χ2n) is 6.45. The van der Waals surface area contributed by atoms with Crippen molar-refractivity contribution >= 4 is 28.6 Å². The Hall–Kier alpha value is -0.100.